The maximum atomic E-state index is 11.0. The van der Waals surface area contributed by atoms with Crippen LogP contribution in [0.2, 0.25) is 0 Å². The molecular weight excluding hydrogens is 270 g/mol. The van der Waals surface area contributed by atoms with Crippen molar-refractivity contribution in [3.63, 3.8) is 0 Å². The van der Waals surface area contributed by atoms with Crippen molar-refractivity contribution >= 4 is 5.69 Å². The van der Waals surface area contributed by atoms with Crippen molar-refractivity contribution in [2.75, 3.05) is 6.61 Å². The summed E-state index contributed by atoms with van der Waals surface area (Å²) in [5.74, 6) is 0.777. The lowest BCUT2D eigenvalue weighted by molar-refractivity contribution is -0.386. The highest BCUT2D eigenvalue weighted by Crippen LogP contribution is 2.31. The maximum Gasteiger partial charge on any atom is 0.275 e. The molecule has 2 aromatic carbocycles. The van der Waals surface area contributed by atoms with E-state index in [4.69, 9.17) is 4.74 Å². The first-order valence-electron chi connectivity index (χ1n) is 6.72. The van der Waals surface area contributed by atoms with Gasteiger partial charge in [0, 0.05) is 6.07 Å². The van der Waals surface area contributed by atoms with Crippen LogP contribution < -0.4 is 4.74 Å². The largest absolute Gasteiger partial charge is 0.494 e. The molecule has 0 aromatic heterocycles. The van der Waals surface area contributed by atoms with Crippen molar-refractivity contribution in [1.82, 2.24) is 0 Å². The molecule has 0 radical (unpaired) electrons. The number of hydrogen-bond acceptors (Lipinski definition) is 4. The van der Waals surface area contributed by atoms with Crippen molar-refractivity contribution in [3.8, 4) is 16.9 Å². The number of nitrogens with zero attached hydrogens (tertiary/aromatic N) is 1. The van der Waals surface area contributed by atoms with E-state index < -0.39 is 11.0 Å². The van der Waals surface area contributed by atoms with Crippen LogP contribution in [-0.4, -0.2) is 16.6 Å². The van der Waals surface area contributed by atoms with Crippen molar-refractivity contribution in [3.05, 3.63) is 58.1 Å². The second-order valence-electron chi connectivity index (χ2n) is 4.66. The number of aliphatic hydroxyl groups excluding tert-OH is 1. The molecule has 0 saturated carbocycles. The lowest BCUT2D eigenvalue weighted by Gasteiger charge is -2.09. The fourth-order valence-corrected chi connectivity index (χ4v) is 2.15. The van der Waals surface area contributed by atoms with Crippen molar-refractivity contribution < 1.29 is 14.8 Å². The fraction of sp³-hybridized carbons (Fsp3) is 0.250. The fourth-order valence-electron chi connectivity index (χ4n) is 2.15. The molecule has 0 aliphatic heterocycles. The van der Waals surface area contributed by atoms with Crippen LogP contribution in [0.1, 0.15) is 25.5 Å². The molecule has 110 valence electrons. The molecule has 0 aliphatic rings. The molecule has 5 heteroatoms. The van der Waals surface area contributed by atoms with E-state index in [2.05, 4.69) is 0 Å². The Hall–Kier alpha value is -2.40. The molecule has 1 N–H and O–H groups in total. The average molecular weight is 287 g/mol. The van der Waals surface area contributed by atoms with E-state index in [1.54, 1.807) is 12.1 Å². The summed E-state index contributed by atoms with van der Waals surface area (Å²) in [6, 6.07) is 12.2. The Morgan fingerprint density at radius 3 is 2.33 bits per heavy atom. The van der Waals surface area contributed by atoms with Gasteiger partial charge in [0.15, 0.2) is 0 Å². The summed E-state index contributed by atoms with van der Waals surface area (Å²) in [5, 5.41) is 20.7. The number of benzene rings is 2. The minimum Gasteiger partial charge on any atom is -0.494 e. The first-order chi connectivity index (χ1) is 10.0. The smallest absolute Gasteiger partial charge is 0.275 e. The van der Waals surface area contributed by atoms with E-state index >= 15 is 0 Å². The molecule has 0 amide bonds. The predicted molar refractivity (Wildman–Crippen MR) is 80.3 cm³/mol. The van der Waals surface area contributed by atoms with Gasteiger partial charge < -0.3 is 9.84 Å². The lowest BCUT2D eigenvalue weighted by Crippen LogP contribution is -1.99. The van der Waals surface area contributed by atoms with Gasteiger partial charge in [-0.25, -0.2) is 0 Å². The van der Waals surface area contributed by atoms with E-state index in [1.165, 1.54) is 13.0 Å². The van der Waals surface area contributed by atoms with Gasteiger partial charge in [0.2, 0.25) is 0 Å². The topological polar surface area (TPSA) is 72.6 Å². The van der Waals surface area contributed by atoms with Crippen molar-refractivity contribution in [2.45, 2.75) is 20.0 Å². The summed E-state index contributed by atoms with van der Waals surface area (Å²) < 4.78 is 5.38. The van der Waals surface area contributed by atoms with Gasteiger partial charge in [0.25, 0.3) is 5.69 Å². The number of nitro benzene ring substituents is 1. The standard InChI is InChI=1S/C16H17NO4/c1-3-21-14-7-4-12(5-8-14)13-6-9-16(17(19)20)15(10-13)11(2)18/h4-11,18H,3H2,1-2H3. The molecule has 1 unspecified atom stereocenters. The van der Waals surface area contributed by atoms with Gasteiger partial charge in [-0.15, -0.1) is 0 Å². The SMILES string of the molecule is CCOc1ccc(-c2ccc([N+](=O)[O-])c(C(C)O)c2)cc1. The van der Waals surface area contributed by atoms with Crippen LogP contribution in [0.25, 0.3) is 11.1 Å². The van der Waals surface area contributed by atoms with Crippen molar-refractivity contribution in [1.29, 1.82) is 0 Å². The van der Waals surface area contributed by atoms with Crippen molar-refractivity contribution in [2.24, 2.45) is 0 Å². The lowest BCUT2D eigenvalue weighted by atomic mass is 9.99. The third-order valence-electron chi connectivity index (χ3n) is 3.17. The number of aliphatic hydroxyl groups is 1. The van der Waals surface area contributed by atoms with E-state index in [1.807, 2.05) is 31.2 Å². The summed E-state index contributed by atoms with van der Waals surface area (Å²) in [6.07, 6.45) is -0.895. The summed E-state index contributed by atoms with van der Waals surface area (Å²) >= 11 is 0. The monoisotopic (exact) mass is 287 g/mol. The second-order valence-corrected chi connectivity index (χ2v) is 4.66. The van der Waals surface area contributed by atoms with E-state index in [-0.39, 0.29) is 5.69 Å². The molecule has 0 spiro atoms. The molecule has 5 nitrogen and oxygen atoms in total. The zero-order valence-electron chi connectivity index (χ0n) is 11.9. The van der Waals surface area contributed by atoms with Gasteiger partial charge >= 0.3 is 0 Å². The molecular formula is C16H17NO4. The highest BCUT2D eigenvalue weighted by atomic mass is 16.6. The van der Waals surface area contributed by atoms with Crippen LogP contribution in [0.5, 0.6) is 5.75 Å². The van der Waals surface area contributed by atoms with Crippen LogP contribution in [0.15, 0.2) is 42.5 Å². The Bertz CT molecular complexity index is 635. The van der Waals surface area contributed by atoms with Gasteiger partial charge in [-0.1, -0.05) is 12.1 Å². The zero-order valence-corrected chi connectivity index (χ0v) is 11.9. The van der Waals surface area contributed by atoms with E-state index in [9.17, 15) is 15.2 Å². The predicted octanol–water partition coefficient (Wildman–Crippen LogP) is 3.71. The van der Waals surface area contributed by atoms with E-state index in [0.29, 0.717) is 12.2 Å². The maximum absolute atomic E-state index is 11.0. The molecule has 0 heterocycles. The van der Waals surface area contributed by atoms with Crippen LogP contribution in [0.4, 0.5) is 5.69 Å². The molecule has 0 saturated heterocycles. The minimum atomic E-state index is -0.895. The molecule has 2 aromatic rings. The molecule has 0 fully saturated rings. The average Bonchev–Trinajstić information content (AvgIpc) is 2.47. The molecule has 0 aliphatic carbocycles. The van der Waals surface area contributed by atoms with Gasteiger partial charge in [-0.2, -0.15) is 0 Å². The van der Waals surface area contributed by atoms with Gasteiger partial charge in [0.1, 0.15) is 5.75 Å². The first-order valence-corrected chi connectivity index (χ1v) is 6.72. The third kappa shape index (κ3) is 3.38. The molecule has 1 atom stereocenters. The van der Waals surface area contributed by atoms with Crippen LogP contribution >= 0.6 is 0 Å². The van der Waals surface area contributed by atoms with Gasteiger partial charge in [-0.3, -0.25) is 10.1 Å². The molecule has 0 bridgehead atoms. The summed E-state index contributed by atoms with van der Waals surface area (Å²) in [4.78, 5) is 10.5. The Kier molecular flexibility index (Phi) is 4.55. The Morgan fingerprint density at radius 1 is 1.19 bits per heavy atom. The highest BCUT2D eigenvalue weighted by molar-refractivity contribution is 5.67. The highest BCUT2D eigenvalue weighted by Gasteiger charge is 2.18. The van der Waals surface area contributed by atoms with Crippen LogP contribution in [0, 0.1) is 10.1 Å². The quantitative estimate of drug-likeness (QED) is 0.672. The summed E-state index contributed by atoms with van der Waals surface area (Å²) in [7, 11) is 0. The molecule has 21 heavy (non-hydrogen) atoms. The Labute approximate surface area is 123 Å². The number of ether oxygens (including phenoxy) is 1. The Morgan fingerprint density at radius 2 is 1.81 bits per heavy atom. The van der Waals surface area contributed by atoms with E-state index in [0.717, 1.165) is 16.9 Å². The zero-order chi connectivity index (χ0) is 15.4. The first kappa shape index (κ1) is 15.0. The minimum absolute atomic E-state index is 0.0697. The van der Waals surface area contributed by atoms with Crippen LogP contribution in [0.3, 0.4) is 0 Å². The Balaban J connectivity index is 2.40. The van der Waals surface area contributed by atoms with Gasteiger partial charge in [0.05, 0.1) is 23.2 Å². The third-order valence-corrected chi connectivity index (χ3v) is 3.17. The second kappa shape index (κ2) is 6.37. The normalized spacial score (nSPS) is 12.0. The summed E-state index contributed by atoms with van der Waals surface area (Å²) in [6.45, 7) is 4.03. The number of nitro groups is 1. The number of rotatable bonds is 5. The number of hydrogen-bond donors (Lipinski definition) is 1. The van der Waals surface area contributed by atoms with Crippen LogP contribution in [-0.2, 0) is 0 Å². The molecule has 2 rings (SSSR count). The van der Waals surface area contributed by atoms with Gasteiger partial charge in [-0.05, 0) is 49.2 Å². The summed E-state index contributed by atoms with van der Waals surface area (Å²) in [5.41, 5.74) is 1.97.